The first-order valence-electron chi connectivity index (χ1n) is 5.62. The van der Waals surface area contributed by atoms with Crippen molar-refractivity contribution in [3.63, 3.8) is 0 Å². The summed E-state index contributed by atoms with van der Waals surface area (Å²) in [4.78, 5) is 11.9. The summed E-state index contributed by atoms with van der Waals surface area (Å²) in [6, 6.07) is 4.21. The molecule has 1 atom stereocenters. The molecule has 0 fully saturated rings. The highest BCUT2D eigenvalue weighted by molar-refractivity contribution is 9.10. The number of halogens is 3. The van der Waals surface area contributed by atoms with E-state index in [-0.39, 0.29) is 4.47 Å². The summed E-state index contributed by atoms with van der Waals surface area (Å²) < 4.78 is 32.5. The Labute approximate surface area is 121 Å². The van der Waals surface area contributed by atoms with Crippen molar-refractivity contribution in [1.82, 2.24) is 5.32 Å². The molecule has 1 unspecified atom stereocenters. The van der Waals surface area contributed by atoms with Crippen LogP contribution in [0.1, 0.15) is 22.2 Å². The van der Waals surface area contributed by atoms with Crippen molar-refractivity contribution in [3.8, 4) is 0 Å². The largest absolute Gasteiger partial charge is 0.467 e. The minimum Gasteiger partial charge on any atom is -0.467 e. The summed E-state index contributed by atoms with van der Waals surface area (Å²) in [5, 5.41) is 11.5. The van der Waals surface area contributed by atoms with E-state index >= 15 is 0 Å². The highest BCUT2D eigenvalue weighted by Gasteiger charge is 2.22. The van der Waals surface area contributed by atoms with Gasteiger partial charge in [0, 0.05) is 4.47 Å². The predicted molar refractivity (Wildman–Crippen MR) is 70.1 cm³/mol. The SMILES string of the molecule is O=C(NC(CO)c1ccco1)c1c(F)cc(Br)cc1F. The van der Waals surface area contributed by atoms with Crippen molar-refractivity contribution in [3.05, 3.63) is 58.0 Å². The molecule has 0 aliphatic rings. The molecule has 2 aromatic rings. The fraction of sp³-hybridized carbons (Fsp3) is 0.154. The van der Waals surface area contributed by atoms with Crippen molar-refractivity contribution in [1.29, 1.82) is 0 Å². The van der Waals surface area contributed by atoms with Gasteiger partial charge >= 0.3 is 0 Å². The molecule has 2 N–H and O–H groups in total. The zero-order chi connectivity index (χ0) is 14.7. The summed E-state index contributed by atoms with van der Waals surface area (Å²) in [5.74, 6) is -2.67. The van der Waals surface area contributed by atoms with Gasteiger partial charge in [0.2, 0.25) is 0 Å². The Balaban J connectivity index is 2.24. The second-order valence-corrected chi connectivity index (χ2v) is 4.88. The van der Waals surface area contributed by atoms with Crippen LogP contribution in [0.2, 0.25) is 0 Å². The molecule has 0 radical (unpaired) electrons. The molecule has 0 spiro atoms. The minimum absolute atomic E-state index is 0.189. The fourth-order valence-electron chi connectivity index (χ4n) is 1.69. The van der Waals surface area contributed by atoms with Crippen LogP contribution in [0.25, 0.3) is 0 Å². The number of carbonyl (C=O) groups is 1. The summed E-state index contributed by atoms with van der Waals surface area (Å²) in [6.45, 7) is -0.459. The van der Waals surface area contributed by atoms with Gasteiger partial charge in [-0.15, -0.1) is 0 Å². The lowest BCUT2D eigenvalue weighted by Gasteiger charge is -2.14. The lowest BCUT2D eigenvalue weighted by Crippen LogP contribution is -2.31. The molecule has 0 bridgehead atoms. The molecule has 1 aromatic carbocycles. The highest BCUT2D eigenvalue weighted by Crippen LogP contribution is 2.21. The molecule has 1 aromatic heterocycles. The van der Waals surface area contributed by atoms with E-state index in [1.807, 2.05) is 0 Å². The molecule has 0 aliphatic heterocycles. The van der Waals surface area contributed by atoms with E-state index in [0.29, 0.717) is 5.76 Å². The van der Waals surface area contributed by atoms with Crippen molar-refractivity contribution >= 4 is 21.8 Å². The third-order valence-corrected chi connectivity index (χ3v) is 3.07. The number of nitrogens with one attached hydrogen (secondary N) is 1. The summed E-state index contributed by atoms with van der Waals surface area (Å²) in [6.07, 6.45) is 1.37. The topological polar surface area (TPSA) is 62.5 Å². The number of amides is 1. The minimum atomic E-state index is -0.995. The second-order valence-electron chi connectivity index (χ2n) is 3.97. The van der Waals surface area contributed by atoms with Gasteiger partial charge in [0.25, 0.3) is 5.91 Å². The maximum Gasteiger partial charge on any atom is 0.257 e. The van der Waals surface area contributed by atoms with Crippen molar-refractivity contribution in [2.24, 2.45) is 0 Å². The van der Waals surface area contributed by atoms with Gasteiger partial charge in [-0.1, -0.05) is 15.9 Å². The van der Waals surface area contributed by atoms with Gasteiger partial charge in [0.15, 0.2) is 0 Å². The molecule has 1 amide bonds. The summed E-state index contributed by atoms with van der Waals surface area (Å²) in [5.41, 5.74) is -0.710. The lowest BCUT2D eigenvalue weighted by atomic mass is 10.1. The second kappa shape index (κ2) is 6.15. The van der Waals surface area contributed by atoms with Gasteiger partial charge in [-0.2, -0.15) is 0 Å². The first-order chi connectivity index (χ1) is 9.52. The Hall–Kier alpha value is -1.73. The molecular formula is C13H10BrF2NO3. The van der Waals surface area contributed by atoms with Gasteiger partial charge in [-0.25, -0.2) is 8.78 Å². The molecular weight excluding hydrogens is 336 g/mol. The van der Waals surface area contributed by atoms with Crippen LogP contribution in [-0.4, -0.2) is 17.6 Å². The Kier molecular flexibility index (Phi) is 4.51. The normalized spacial score (nSPS) is 12.2. The number of aliphatic hydroxyl groups is 1. The van der Waals surface area contributed by atoms with Crippen LogP contribution < -0.4 is 5.32 Å². The zero-order valence-corrected chi connectivity index (χ0v) is 11.7. The number of rotatable bonds is 4. The average Bonchev–Trinajstić information content (AvgIpc) is 2.88. The van der Waals surface area contributed by atoms with Crippen molar-refractivity contribution in [2.75, 3.05) is 6.61 Å². The molecule has 20 heavy (non-hydrogen) atoms. The van der Waals surface area contributed by atoms with Crippen LogP contribution in [-0.2, 0) is 0 Å². The smallest absolute Gasteiger partial charge is 0.257 e. The molecule has 106 valence electrons. The van der Waals surface area contributed by atoms with E-state index < -0.39 is 35.8 Å². The van der Waals surface area contributed by atoms with Crippen molar-refractivity contribution in [2.45, 2.75) is 6.04 Å². The van der Waals surface area contributed by atoms with E-state index in [9.17, 15) is 18.7 Å². The fourth-order valence-corrected chi connectivity index (χ4v) is 2.09. The Morgan fingerprint density at radius 2 is 2.05 bits per heavy atom. The predicted octanol–water partition coefficient (Wildman–Crippen LogP) is 2.78. The quantitative estimate of drug-likeness (QED) is 0.895. The lowest BCUT2D eigenvalue weighted by molar-refractivity contribution is 0.0898. The number of furan rings is 1. The van der Waals surface area contributed by atoms with Crippen LogP contribution in [0.4, 0.5) is 8.78 Å². The Morgan fingerprint density at radius 1 is 1.40 bits per heavy atom. The first kappa shape index (κ1) is 14.7. The van der Waals surface area contributed by atoms with Gasteiger partial charge in [-0.3, -0.25) is 4.79 Å². The molecule has 0 aliphatic carbocycles. The average molecular weight is 346 g/mol. The maximum atomic E-state index is 13.6. The van der Waals surface area contributed by atoms with Gasteiger partial charge in [-0.05, 0) is 24.3 Å². The molecule has 2 rings (SSSR count). The van der Waals surface area contributed by atoms with E-state index in [2.05, 4.69) is 21.2 Å². The third kappa shape index (κ3) is 3.05. The molecule has 0 saturated heterocycles. The van der Waals surface area contributed by atoms with E-state index in [0.717, 1.165) is 12.1 Å². The highest BCUT2D eigenvalue weighted by atomic mass is 79.9. The molecule has 1 heterocycles. The third-order valence-electron chi connectivity index (χ3n) is 2.61. The van der Waals surface area contributed by atoms with Crippen LogP contribution in [0.3, 0.4) is 0 Å². The van der Waals surface area contributed by atoms with E-state index in [1.54, 1.807) is 6.07 Å². The van der Waals surface area contributed by atoms with Gasteiger partial charge in [0.1, 0.15) is 29.0 Å². The molecule has 7 heteroatoms. The summed E-state index contributed by atoms with van der Waals surface area (Å²) >= 11 is 2.93. The van der Waals surface area contributed by atoms with Gasteiger partial charge in [0.05, 0.1) is 12.9 Å². The summed E-state index contributed by atoms with van der Waals surface area (Å²) in [7, 11) is 0. The van der Waals surface area contributed by atoms with Crippen LogP contribution in [0.5, 0.6) is 0 Å². The van der Waals surface area contributed by atoms with Gasteiger partial charge < -0.3 is 14.8 Å². The number of hydrogen-bond donors (Lipinski definition) is 2. The van der Waals surface area contributed by atoms with E-state index in [4.69, 9.17) is 4.42 Å². The zero-order valence-electron chi connectivity index (χ0n) is 10.1. The number of aliphatic hydroxyl groups excluding tert-OH is 1. The number of carbonyl (C=O) groups excluding carboxylic acids is 1. The monoisotopic (exact) mass is 345 g/mol. The van der Waals surface area contributed by atoms with Crippen LogP contribution in [0.15, 0.2) is 39.4 Å². The Morgan fingerprint density at radius 3 is 2.55 bits per heavy atom. The van der Waals surface area contributed by atoms with Crippen LogP contribution in [0, 0.1) is 11.6 Å². The van der Waals surface area contributed by atoms with E-state index in [1.165, 1.54) is 12.3 Å². The number of benzene rings is 1. The number of hydrogen-bond acceptors (Lipinski definition) is 3. The van der Waals surface area contributed by atoms with Crippen molar-refractivity contribution < 1.29 is 23.1 Å². The Bertz CT molecular complexity index is 593. The molecule has 0 saturated carbocycles. The molecule has 4 nitrogen and oxygen atoms in total. The standard InChI is InChI=1S/C13H10BrF2NO3/c14-7-4-8(15)12(9(16)5-7)13(19)17-10(6-18)11-2-1-3-20-11/h1-5,10,18H,6H2,(H,17,19). The maximum absolute atomic E-state index is 13.6. The van der Waals surface area contributed by atoms with Crippen LogP contribution >= 0.6 is 15.9 Å². The first-order valence-corrected chi connectivity index (χ1v) is 6.42.